The van der Waals surface area contributed by atoms with Crippen LogP contribution in [0.1, 0.15) is 18.4 Å². The number of hydrogen-bond acceptors (Lipinski definition) is 2. The lowest BCUT2D eigenvalue weighted by molar-refractivity contribution is -0.171. The van der Waals surface area contributed by atoms with E-state index in [1.165, 1.54) is 12.1 Å². The molecule has 88 valence electrons. The Balaban J connectivity index is 2.36. The zero-order chi connectivity index (χ0) is 12.2. The van der Waals surface area contributed by atoms with Crippen molar-refractivity contribution in [2.24, 2.45) is 0 Å². The fourth-order valence-corrected chi connectivity index (χ4v) is 1.26. The molecule has 0 spiro atoms. The molecule has 1 rings (SSSR count). The summed E-state index contributed by atoms with van der Waals surface area (Å²) in [5, 5.41) is 8.97. The summed E-state index contributed by atoms with van der Waals surface area (Å²) in [6.07, 6.45) is -4.68. The van der Waals surface area contributed by atoms with Gasteiger partial charge in [-0.3, -0.25) is 4.79 Å². The quantitative estimate of drug-likeness (QED) is 0.866. The minimum absolute atomic E-state index is 0.107. The molecule has 0 amide bonds. The van der Waals surface area contributed by atoms with E-state index in [1.807, 2.05) is 0 Å². The third-order valence-electron chi connectivity index (χ3n) is 2.12. The van der Waals surface area contributed by atoms with Gasteiger partial charge in [0.1, 0.15) is 5.75 Å². The Hall–Kier alpha value is -1.52. The standard InChI is InChI=1S/C11H11F3O2/c12-11(13,14)10(16)3-1-2-8-4-6-9(15)7-5-8/h4-7,15H,1-3H2. The van der Waals surface area contributed by atoms with E-state index in [0.29, 0.717) is 6.42 Å². The first kappa shape index (κ1) is 12.5. The number of alkyl halides is 3. The Morgan fingerprint density at radius 3 is 2.25 bits per heavy atom. The lowest BCUT2D eigenvalue weighted by Gasteiger charge is -2.04. The van der Waals surface area contributed by atoms with Gasteiger partial charge in [-0.15, -0.1) is 0 Å². The Bertz CT molecular complexity index is 354. The van der Waals surface area contributed by atoms with Gasteiger partial charge in [0, 0.05) is 6.42 Å². The van der Waals surface area contributed by atoms with Crippen LogP contribution in [0.2, 0.25) is 0 Å². The van der Waals surface area contributed by atoms with Crippen LogP contribution in [0.3, 0.4) is 0 Å². The van der Waals surface area contributed by atoms with Crippen molar-refractivity contribution in [1.82, 2.24) is 0 Å². The summed E-state index contributed by atoms with van der Waals surface area (Å²) in [5.74, 6) is -1.58. The monoisotopic (exact) mass is 232 g/mol. The minimum Gasteiger partial charge on any atom is -0.508 e. The largest absolute Gasteiger partial charge is 0.508 e. The van der Waals surface area contributed by atoms with E-state index in [4.69, 9.17) is 5.11 Å². The Morgan fingerprint density at radius 2 is 1.75 bits per heavy atom. The van der Waals surface area contributed by atoms with Gasteiger partial charge in [0.25, 0.3) is 0 Å². The molecule has 1 aromatic carbocycles. The normalized spacial score (nSPS) is 11.4. The summed E-state index contributed by atoms with van der Waals surface area (Å²) >= 11 is 0. The lowest BCUT2D eigenvalue weighted by atomic mass is 10.1. The van der Waals surface area contributed by atoms with Gasteiger partial charge in [-0.25, -0.2) is 0 Å². The predicted octanol–water partition coefficient (Wildman–Crippen LogP) is 2.85. The van der Waals surface area contributed by atoms with Crippen LogP contribution in [-0.2, 0) is 11.2 Å². The van der Waals surface area contributed by atoms with Gasteiger partial charge in [-0.2, -0.15) is 13.2 Å². The Kier molecular flexibility index (Phi) is 3.93. The number of rotatable bonds is 4. The van der Waals surface area contributed by atoms with Crippen LogP contribution < -0.4 is 0 Å². The van der Waals surface area contributed by atoms with Crippen molar-refractivity contribution in [3.63, 3.8) is 0 Å². The Morgan fingerprint density at radius 1 is 1.19 bits per heavy atom. The fraction of sp³-hybridized carbons (Fsp3) is 0.364. The van der Waals surface area contributed by atoms with E-state index in [1.54, 1.807) is 12.1 Å². The van der Waals surface area contributed by atoms with Gasteiger partial charge < -0.3 is 5.11 Å². The van der Waals surface area contributed by atoms with Gasteiger partial charge in [-0.1, -0.05) is 12.1 Å². The third-order valence-corrected chi connectivity index (χ3v) is 2.12. The highest BCUT2D eigenvalue weighted by molar-refractivity contribution is 5.83. The number of aromatic hydroxyl groups is 1. The number of Topliss-reactive ketones (excluding diaryl/α,β-unsaturated/α-hetero) is 1. The van der Waals surface area contributed by atoms with Crippen molar-refractivity contribution < 1.29 is 23.1 Å². The van der Waals surface area contributed by atoms with Crippen molar-refractivity contribution in [3.05, 3.63) is 29.8 Å². The molecular formula is C11H11F3O2. The molecule has 2 nitrogen and oxygen atoms in total. The number of halogens is 3. The minimum atomic E-state index is -4.73. The molecule has 5 heteroatoms. The Labute approximate surface area is 90.7 Å². The van der Waals surface area contributed by atoms with Crippen molar-refractivity contribution in [2.45, 2.75) is 25.4 Å². The number of carbonyl (C=O) groups is 1. The van der Waals surface area contributed by atoms with E-state index in [-0.39, 0.29) is 12.2 Å². The maximum Gasteiger partial charge on any atom is 0.449 e. The number of aryl methyl sites for hydroxylation is 1. The van der Waals surface area contributed by atoms with Crippen LogP contribution in [0.15, 0.2) is 24.3 Å². The molecular weight excluding hydrogens is 221 g/mol. The van der Waals surface area contributed by atoms with Crippen molar-refractivity contribution in [1.29, 1.82) is 0 Å². The summed E-state index contributed by atoms with van der Waals surface area (Å²) in [6.45, 7) is 0. The zero-order valence-corrected chi connectivity index (χ0v) is 8.42. The second-order valence-corrected chi connectivity index (χ2v) is 3.44. The average Bonchev–Trinajstić information content (AvgIpc) is 2.19. The molecule has 0 aromatic heterocycles. The molecule has 0 saturated heterocycles. The SMILES string of the molecule is O=C(CCCc1ccc(O)cc1)C(F)(F)F. The van der Waals surface area contributed by atoms with Crippen LogP contribution in [0, 0.1) is 0 Å². The van der Waals surface area contributed by atoms with Gasteiger partial charge in [-0.05, 0) is 30.5 Å². The van der Waals surface area contributed by atoms with E-state index in [0.717, 1.165) is 5.56 Å². The van der Waals surface area contributed by atoms with Gasteiger partial charge in [0.05, 0.1) is 0 Å². The van der Waals surface area contributed by atoms with Gasteiger partial charge in [0.2, 0.25) is 5.78 Å². The summed E-state index contributed by atoms with van der Waals surface area (Å²) < 4.78 is 35.5. The molecule has 1 N–H and O–H groups in total. The smallest absolute Gasteiger partial charge is 0.449 e. The lowest BCUT2D eigenvalue weighted by Crippen LogP contribution is -2.22. The summed E-state index contributed by atoms with van der Waals surface area (Å²) in [6, 6.07) is 6.16. The zero-order valence-electron chi connectivity index (χ0n) is 8.42. The van der Waals surface area contributed by atoms with E-state index in [2.05, 4.69) is 0 Å². The molecule has 0 fully saturated rings. The first-order chi connectivity index (χ1) is 7.39. The number of phenolic OH excluding ortho intramolecular Hbond substituents is 1. The second kappa shape index (κ2) is 5.01. The van der Waals surface area contributed by atoms with Crippen LogP contribution in [0.5, 0.6) is 5.75 Å². The van der Waals surface area contributed by atoms with E-state index in [9.17, 15) is 18.0 Å². The molecule has 0 bridgehead atoms. The molecule has 0 aliphatic rings. The molecule has 0 aliphatic carbocycles. The predicted molar refractivity (Wildman–Crippen MR) is 52.1 cm³/mol. The number of carbonyl (C=O) groups excluding carboxylic acids is 1. The van der Waals surface area contributed by atoms with E-state index >= 15 is 0 Å². The molecule has 16 heavy (non-hydrogen) atoms. The van der Waals surface area contributed by atoms with Crippen LogP contribution in [0.25, 0.3) is 0 Å². The summed E-state index contributed by atoms with van der Waals surface area (Å²) in [5.41, 5.74) is 0.799. The van der Waals surface area contributed by atoms with Crippen molar-refractivity contribution in [3.8, 4) is 5.75 Å². The first-order valence-electron chi connectivity index (χ1n) is 4.77. The topological polar surface area (TPSA) is 37.3 Å². The van der Waals surface area contributed by atoms with E-state index < -0.39 is 18.4 Å². The maximum absolute atomic E-state index is 11.8. The number of hydrogen-bond donors (Lipinski definition) is 1. The molecule has 0 heterocycles. The van der Waals surface area contributed by atoms with Crippen LogP contribution in [-0.4, -0.2) is 17.1 Å². The average molecular weight is 232 g/mol. The molecule has 0 atom stereocenters. The molecule has 1 aromatic rings. The fourth-order valence-electron chi connectivity index (χ4n) is 1.26. The van der Waals surface area contributed by atoms with Crippen LogP contribution >= 0.6 is 0 Å². The maximum atomic E-state index is 11.8. The summed E-state index contributed by atoms with van der Waals surface area (Å²) in [7, 11) is 0. The number of phenols is 1. The highest BCUT2D eigenvalue weighted by Gasteiger charge is 2.37. The third kappa shape index (κ3) is 3.92. The van der Waals surface area contributed by atoms with Crippen LogP contribution in [0.4, 0.5) is 13.2 Å². The number of ketones is 1. The number of benzene rings is 1. The summed E-state index contributed by atoms with van der Waals surface area (Å²) in [4.78, 5) is 10.5. The molecule has 0 aliphatic heterocycles. The molecule has 0 saturated carbocycles. The van der Waals surface area contributed by atoms with Crippen molar-refractivity contribution in [2.75, 3.05) is 0 Å². The second-order valence-electron chi connectivity index (χ2n) is 3.44. The van der Waals surface area contributed by atoms with Gasteiger partial charge >= 0.3 is 6.18 Å². The van der Waals surface area contributed by atoms with Gasteiger partial charge in [0.15, 0.2) is 0 Å². The highest BCUT2D eigenvalue weighted by atomic mass is 19.4. The first-order valence-corrected chi connectivity index (χ1v) is 4.77. The van der Waals surface area contributed by atoms with Crippen molar-refractivity contribution >= 4 is 5.78 Å². The molecule has 0 unspecified atom stereocenters. The molecule has 0 radical (unpaired) electrons. The highest BCUT2D eigenvalue weighted by Crippen LogP contribution is 2.19.